The van der Waals surface area contributed by atoms with Gasteiger partial charge in [-0.3, -0.25) is 9.59 Å². The lowest BCUT2D eigenvalue weighted by atomic mass is 9.82. The van der Waals surface area contributed by atoms with Crippen LogP contribution in [-0.2, 0) is 4.74 Å². The topological polar surface area (TPSA) is 109 Å². The molecule has 0 unspecified atom stereocenters. The Kier molecular flexibility index (Phi) is 5.22. The fourth-order valence-corrected chi connectivity index (χ4v) is 4.88. The Morgan fingerprint density at radius 2 is 1.61 bits per heavy atom. The van der Waals surface area contributed by atoms with Crippen LogP contribution in [0.15, 0.2) is 71.7 Å². The number of amides is 1. The molecule has 0 radical (unpaired) electrons. The van der Waals surface area contributed by atoms with Gasteiger partial charge in [-0.2, -0.15) is 0 Å². The first-order valence-electron chi connectivity index (χ1n) is 10.7. The number of aromatic carboxylic acids is 1. The molecule has 33 heavy (non-hydrogen) atoms. The van der Waals surface area contributed by atoms with Gasteiger partial charge in [0.05, 0.1) is 12.6 Å². The predicted octanol–water partition coefficient (Wildman–Crippen LogP) is 2.83. The molecule has 1 aromatic heterocycles. The molecule has 8 nitrogen and oxygen atoms in total. The standard InChI is InChI=1S/C25H22N2O6/c28-21-17(25(31)32)14-27-19(24-26(12-7-13-33-24)23(30)20(27)22(21)29)18(15-8-3-1-4-9-15)16-10-5-2-6-11-16/h1-6,8-11,14,18-19,24,29H,7,12-13H2,(H,31,32)/t19-,24-/m0/s1. The molecule has 5 rings (SSSR count). The van der Waals surface area contributed by atoms with Gasteiger partial charge in [0.1, 0.15) is 5.56 Å². The summed E-state index contributed by atoms with van der Waals surface area (Å²) in [6.07, 6.45) is 1.08. The molecule has 0 spiro atoms. The Hall–Kier alpha value is -3.91. The van der Waals surface area contributed by atoms with E-state index in [9.17, 15) is 24.6 Å². The van der Waals surface area contributed by atoms with E-state index in [1.54, 1.807) is 0 Å². The molecule has 1 amide bonds. The first kappa shape index (κ1) is 21.0. The number of carbonyl (C=O) groups excluding carboxylic acids is 1. The molecule has 2 N–H and O–H groups in total. The van der Waals surface area contributed by atoms with E-state index in [1.807, 2.05) is 60.7 Å². The lowest BCUT2D eigenvalue weighted by Crippen LogP contribution is -2.57. The number of carboxylic acids is 1. The van der Waals surface area contributed by atoms with Crippen molar-refractivity contribution in [3.8, 4) is 5.75 Å². The number of ether oxygens (including phenoxy) is 1. The van der Waals surface area contributed by atoms with E-state index >= 15 is 0 Å². The third-order valence-corrected chi connectivity index (χ3v) is 6.32. The summed E-state index contributed by atoms with van der Waals surface area (Å²) in [5.41, 5.74) is -0.0311. The summed E-state index contributed by atoms with van der Waals surface area (Å²) in [6.45, 7) is 0.846. The summed E-state index contributed by atoms with van der Waals surface area (Å²) in [5.74, 6) is -3.23. The Bertz CT molecular complexity index is 1230. The summed E-state index contributed by atoms with van der Waals surface area (Å²) >= 11 is 0. The van der Waals surface area contributed by atoms with Crippen molar-refractivity contribution in [3.05, 3.63) is 99.5 Å². The Morgan fingerprint density at radius 1 is 1.00 bits per heavy atom. The summed E-state index contributed by atoms with van der Waals surface area (Å²) in [6, 6.07) is 18.7. The minimum absolute atomic E-state index is 0.214. The van der Waals surface area contributed by atoms with Crippen molar-refractivity contribution in [1.82, 2.24) is 9.47 Å². The Morgan fingerprint density at radius 3 is 2.18 bits per heavy atom. The van der Waals surface area contributed by atoms with Crippen molar-refractivity contribution >= 4 is 11.9 Å². The summed E-state index contributed by atoms with van der Waals surface area (Å²) in [5, 5.41) is 20.3. The number of carboxylic acid groups (broad SMARTS) is 1. The highest BCUT2D eigenvalue weighted by Gasteiger charge is 2.47. The van der Waals surface area contributed by atoms with Crippen molar-refractivity contribution in [2.75, 3.05) is 13.2 Å². The monoisotopic (exact) mass is 446 g/mol. The van der Waals surface area contributed by atoms with Crippen LogP contribution in [-0.4, -0.2) is 50.9 Å². The third-order valence-electron chi connectivity index (χ3n) is 6.32. The molecule has 0 bridgehead atoms. The van der Waals surface area contributed by atoms with Crippen molar-refractivity contribution in [1.29, 1.82) is 0 Å². The van der Waals surface area contributed by atoms with Crippen LogP contribution >= 0.6 is 0 Å². The second kappa shape index (κ2) is 8.22. The number of carbonyl (C=O) groups is 2. The molecular weight excluding hydrogens is 424 g/mol. The van der Waals surface area contributed by atoms with Gasteiger partial charge in [0.15, 0.2) is 17.7 Å². The quantitative estimate of drug-likeness (QED) is 0.638. The number of nitrogens with zero attached hydrogens (tertiary/aromatic N) is 2. The minimum atomic E-state index is -1.47. The van der Waals surface area contributed by atoms with Gasteiger partial charge in [-0.1, -0.05) is 60.7 Å². The number of benzene rings is 2. The molecule has 2 aliphatic heterocycles. The van der Waals surface area contributed by atoms with Crippen molar-refractivity contribution in [2.45, 2.75) is 24.6 Å². The van der Waals surface area contributed by atoms with Gasteiger partial charge >= 0.3 is 5.97 Å². The van der Waals surface area contributed by atoms with Gasteiger partial charge in [-0.25, -0.2) is 4.79 Å². The third kappa shape index (κ3) is 3.39. The highest BCUT2D eigenvalue weighted by Crippen LogP contribution is 2.44. The lowest BCUT2D eigenvalue weighted by molar-refractivity contribution is -0.114. The molecule has 2 atom stereocenters. The largest absolute Gasteiger partial charge is 0.503 e. The highest BCUT2D eigenvalue weighted by atomic mass is 16.5. The maximum atomic E-state index is 13.3. The van der Waals surface area contributed by atoms with Gasteiger partial charge in [-0.15, -0.1) is 0 Å². The molecule has 2 aliphatic rings. The first-order chi connectivity index (χ1) is 16.0. The summed E-state index contributed by atoms with van der Waals surface area (Å²) in [4.78, 5) is 39.2. The molecule has 8 heteroatoms. The van der Waals surface area contributed by atoms with Crippen LogP contribution in [0.4, 0.5) is 0 Å². The van der Waals surface area contributed by atoms with Crippen LogP contribution in [0.5, 0.6) is 5.75 Å². The molecule has 168 valence electrons. The average molecular weight is 446 g/mol. The average Bonchev–Trinajstić information content (AvgIpc) is 2.84. The van der Waals surface area contributed by atoms with Gasteiger partial charge in [0, 0.05) is 18.7 Å². The molecule has 3 heterocycles. The van der Waals surface area contributed by atoms with Gasteiger partial charge < -0.3 is 24.4 Å². The lowest BCUT2D eigenvalue weighted by Gasteiger charge is -2.48. The molecule has 1 saturated heterocycles. The van der Waals surface area contributed by atoms with E-state index in [0.717, 1.165) is 17.3 Å². The highest BCUT2D eigenvalue weighted by molar-refractivity contribution is 5.98. The normalized spacial score (nSPS) is 19.8. The van der Waals surface area contributed by atoms with Crippen molar-refractivity contribution in [2.24, 2.45) is 0 Å². The zero-order chi connectivity index (χ0) is 23.1. The van der Waals surface area contributed by atoms with Gasteiger partial charge in [-0.05, 0) is 17.5 Å². The van der Waals surface area contributed by atoms with Crippen LogP contribution in [0.2, 0.25) is 0 Å². The predicted molar refractivity (Wildman–Crippen MR) is 118 cm³/mol. The number of hydrogen-bond acceptors (Lipinski definition) is 5. The molecule has 0 saturated carbocycles. The van der Waals surface area contributed by atoms with E-state index in [4.69, 9.17) is 4.74 Å². The van der Waals surface area contributed by atoms with Crippen LogP contribution in [0.1, 0.15) is 50.4 Å². The Balaban J connectivity index is 1.82. The number of pyridine rings is 1. The maximum absolute atomic E-state index is 13.3. The molecular formula is C25H22N2O6. The second-order valence-electron chi connectivity index (χ2n) is 8.18. The number of aromatic hydroxyl groups is 1. The first-order valence-corrected chi connectivity index (χ1v) is 10.7. The van der Waals surface area contributed by atoms with E-state index in [1.165, 1.54) is 9.47 Å². The molecule has 2 aromatic carbocycles. The van der Waals surface area contributed by atoms with E-state index in [2.05, 4.69) is 0 Å². The fraction of sp³-hybridized carbons (Fsp3) is 0.240. The second-order valence-corrected chi connectivity index (χ2v) is 8.18. The molecule has 1 fully saturated rings. The van der Waals surface area contributed by atoms with E-state index in [-0.39, 0.29) is 11.6 Å². The smallest absolute Gasteiger partial charge is 0.341 e. The number of aromatic nitrogens is 1. The van der Waals surface area contributed by atoms with E-state index in [0.29, 0.717) is 19.6 Å². The van der Waals surface area contributed by atoms with Crippen molar-refractivity contribution < 1.29 is 24.5 Å². The van der Waals surface area contributed by atoms with Gasteiger partial charge in [0.25, 0.3) is 5.91 Å². The van der Waals surface area contributed by atoms with E-state index < -0.39 is 40.9 Å². The Labute approximate surface area is 189 Å². The van der Waals surface area contributed by atoms with Crippen LogP contribution in [0.3, 0.4) is 0 Å². The van der Waals surface area contributed by atoms with Crippen LogP contribution in [0.25, 0.3) is 0 Å². The van der Waals surface area contributed by atoms with Gasteiger partial charge in [0.2, 0.25) is 5.43 Å². The SMILES string of the molecule is O=C(O)c1cn2c(c(O)c1=O)C(=O)N1CCCO[C@H]1[C@@H]2C(c1ccccc1)c1ccccc1. The molecule has 0 aliphatic carbocycles. The zero-order valence-corrected chi connectivity index (χ0v) is 17.6. The number of hydrogen-bond donors (Lipinski definition) is 2. The zero-order valence-electron chi connectivity index (χ0n) is 17.6. The van der Waals surface area contributed by atoms with Crippen LogP contribution < -0.4 is 5.43 Å². The van der Waals surface area contributed by atoms with Crippen molar-refractivity contribution in [3.63, 3.8) is 0 Å². The number of rotatable bonds is 4. The summed E-state index contributed by atoms with van der Waals surface area (Å²) in [7, 11) is 0. The molecule has 3 aromatic rings. The minimum Gasteiger partial charge on any atom is -0.503 e. The maximum Gasteiger partial charge on any atom is 0.341 e. The van der Waals surface area contributed by atoms with Crippen LogP contribution in [0, 0.1) is 0 Å². The number of fused-ring (bicyclic) bond motifs is 2. The fourth-order valence-electron chi connectivity index (χ4n) is 4.88. The summed E-state index contributed by atoms with van der Waals surface area (Å²) < 4.78 is 7.52.